The van der Waals surface area contributed by atoms with Crippen molar-refractivity contribution >= 4 is 109 Å². The monoisotopic (exact) mass is 1080 g/mol. The maximum absolute atomic E-state index is 7.38. The van der Waals surface area contributed by atoms with Gasteiger partial charge in [0.15, 0.2) is 0 Å². The topological polar surface area (TPSA) is 22.9 Å². The molecular formula is C74H58BN3OS2. The van der Waals surface area contributed by atoms with Gasteiger partial charge >= 0.3 is 6.85 Å². The summed E-state index contributed by atoms with van der Waals surface area (Å²) in [4.78, 5) is 12.8. The second-order valence-corrected chi connectivity index (χ2v) is 23.8. The molecule has 4 heterocycles. The van der Waals surface area contributed by atoms with Gasteiger partial charge in [-0.15, -0.1) is 0 Å². The van der Waals surface area contributed by atoms with E-state index >= 15 is 0 Å². The molecule has 0 N–H and O–H groups in total. The quantitative estimate of drug-likeness (QED) is 0.107. The van der Waals surface area contributed by atoms with Crippen molar-refractivity contribution in [3.05, 3.63) is 254 Å². The van der Waals surface area contributed by atoms with Crippen molar-refractivity contribution in [3.8, 4) is 33.4 Å². The van der Waals surface area contributed by atoms with E-state index in [1.54, 1.807) is 0 Å². The molecule has 0 spiro atoms. The number of hydrogen-bond donors (Lipinski definition) is 0. The lowest BCUT2D eigenvalue weighted by molar-refractivity contribution is 0.670. The van der Waals surface area contributed by atoms with E-state index in [0.717, 1.165) is 98.6 Å². The van der Waals surface area contributed by atoms with Gasteiger partial charge in [0.25, 0.3) is 0 Å². The Morgan fingerprint density at radius 3 is 1.74 bits per heavy atom. The number of nitrogens with zero attached hydrogens (tertiary/aromatic N) is 3. The molecule has 4 nitrogen and oxygen atoms in total. The molecule has 0 atom stereocenters. The maximum atomic E-state index is 7.38. The molecule has 0 radical (unpaired) electrons. The van der Waals surface area contributed by atoms with Gasteiger partial charge in [0.1, 0.15) is 11.2 Å². The van der Waals surface area contributed by atoms with Crippen LogP contribution in [0, 0.1) is 0 Å². The predicted molar refractivity (Wildman–Crippen MR) is 345 cm³/mol. The number of benzene rings is 11. The van der Waals surface area contributed by atoms with Crippen molar-refractivity contribution in [2.75, 3.05) is 14.6 Å². The fraction of sp³-hybridized carbons (Fsp3) is 0.108. The van der Waals surface area contributed by atoms with E-state index in [2.05, 4.69) is 271 Å². The minimum absolute atomic E-state index is 0.278. The third-order valence-electron chi connectivity index (χ3n) is 16.6. The molecule has 3 aliphatic heterocycles. The fourth-order valence-electron chi connectivity index (χ4n) is 12.8. The number of unbranched alkanes of at least 4 members (excludes halogenated alkanes) is 2. The molecule has 390 valence electrons. The van der Waals surface area contributed by atoms with Gasteiger partial charge in [0, 0.05) is 92.4 Å². The van der Waals surface area contributed by atoms with Crippen LogP contribution < -0.4 is 25.5 Å². The summed E-state index contributed by atoms with van der Waals surface area (Å²) in [6.45, 7) is 4.28. The second kappa shape index (κ2) is 20.8. The first kappa shape index (κ1) is 49.4. The molecule has 0 unspecified atom stereocenters. The average molecular weight is 1080 g/mol. The fourth-order valence-corrected chi connectivity index (χ4v) is 15.1. The van der Waals surface area contributed by atoms with Crippen molar-refractivity contribution < 1.29 is 4.42 Å². The first-order valence-electron chi connectivity index (χ1n) is 28.7. The Morgan fingerprint density at radius 1 is 0.420 bits per heavy atom. The minimum Gasteiger partial charge on any atom is -0.455 e. The Kier molecular flexibility index (Phi) is 12.7. The summed E-state index contributed by atoms with van der Waals surface area (Å²) >= 11 is 3.78. The zero-order valence-electron chi connectivity index (χ0n) is 45.5. The Morgan fingerprint density at radius 2 is 1.00 bits per heavy atom. The van der Waals surface area contributed by atoms with Gasteiger partial charge < -0.3 is 19.0 Å². The van der Waals surface area contributed by atoms with Gasteiger partial charge in [-0.05, 0) is 156 Å². The number of hydrogen-bond acceptors (Lipinski definition) is 6. The highest BCUT2D eigenvalue weighted by Gasteiger charge is 2.48. The standard InChI is InChI=1S/C74H58BN3OS2/c1-3-5-22-49-36-39-54(40-37-49)76(53-28-14-9-15-29-53)55-41-43-64-60(45-55)72-73-66(46-59-57-31-17-19-33-67(57)79-74(59)72)77(62-42-38-50(23-6-4-2)44-58(62)52-26-12-8-13-27-52)65-48-71-70(80-68-34-20-21-35-69(68)81-71)47-61(65)75(73)78(64)63-32-18-16-30-56(63)51-24-10-7-11-25-51/h7-21,24-48H,3-6,22-23H2,1-2H3. The molecule has 81 heavy (non-hydrogen) atoms. The van der Waals surface area contributed by atoms with Crippen LogP contribution in [0.1, 0.15) is 50.7 Å². The van der Waals surface area contributed by atoms with Gasteiger partial charge in [-0.1, -0.05) is 196 Å². The maximum Gasteiger partial charge on any atom is 0.333 e. The highest BCUT2D eigenvalue weighted by atomic mass is 32.2. The molecule has 0 aliphatic carbocycles. The van der Waals surface area contributed by atoms with Gasteiger partial charge in [-0.3, -0.25) is 0 Å². The second-order valence-electron chi connectivity index (χ2n) is 21.6. The molecule has 0 saturated heterocycles. The minimum atomic E-state index is -0.278. The summed E-state index contributed by atoms with van der Waals surface area (Å²) in [5.74, 6) is 0. The van der Waals surface area contributed by atoms with Crippen LogP contribution in [0.4, 0.5) is 45.5 Å². The average Bonchev–Trinajstić information content (AvgIpc) is 2.46. The molecule has 7 heteroatoms. The lowest BCUT2D eigenvalue weighted by atomic mass is 9.43. The summed E-state index contributed by atoms with van der Waals surface area (Å²) in [7, 11) is 0. The van der Waals surface area contributed by atoms with E-state index in [0.29, 0.717) is 0 Å². The van der Waals surface area contributed by atoms with Crippen LogP contribution in [0.2, 0.25) is 0 Å². The Bertz CT molecular complexity index is 4350. The van der Waals surface area contributed by atoms with Crippen LogP contribution >= 0.6 is 23.5 Å². The van der Waals surface area contributed by atoms with E-state index < -0.39 is 0 Å². The normalized spacial score (nSPS) is 12.9. The zero-order valence-corrected chi connectivity index (χ0v) is 47.1. The molecule has 0 saturated carbocycles. The Hall–Kier alpha value is -8.62. The van der Waals surface area contributed by atoms with Crippen LogP contribution in [-0.2, 0) is 12.8 Å². The van der Waals surface area contributed by atoms with E-state index in [1.807, 2.05) is 23.5 Å². The third-order valence-corrected chi connectivity index (χ3v) is 19.2. The molecule has 0 amide bonds. The van der Waals surface area contributed by atoms with Crippen molar-refractivity contribution in [1.29, 1.82) is 0 Å². The smallest absolute Gasteiger partial charge is 0.333 e. The zero-order chi connectivity index (χ0) is 54.0. The first-order chi connectivity index (χ1) is 40.1. The van der Waals surface area contributed by atoms with E-state index in [1.165, 1.54) is 82.4 Å². The molecule has 12 aromatic rings. The summed E-state index contributed by atoms with van der Waals surface area (Å²) in [5.41, 5.74) is 23.0. The van der Waals surface area contributed by atoms with E-state index in [4.69, 9.17) is 4.42 Å². The van der Waals surface area contributed by atoms with Crippen molar-refractivity contribution in [2.24, 2.45) is 0 Å². The van der Waals surface area contributed by atoms with Gasteiger partial charge in [-0.2, -0.15) is 0 Å². The highest BCUT2D eigenvalue weighted by molar-refractivity contribution is 8.05. The Labute approximate surface area is 483 Å². The van der Waals surface area contributed by atoms with Crippen LogP contribution in [0.5, 0.6) is 0 Å². The summed E-state index contributed by atoms with van der Waals surface area (Å²) in [5, 5.41) is 2.20. The largest absolute Gasteiger partial charge is 0.455 e. The van der Waals surface area contributed by atoms with Crippen LogP contribution in [0.25, 0.3) is 55.3 Å². The number of aryl methyl sites for hydroxylation is 2. The molecule has 11 aromatic carbocycles. The van der Waals surface area contributed by atoms with Gasteiger partial charge in [0.2, 0.25) is 0 Å². The molecule has 15 rings (SSSR count). The first-order valence-corrected chi connectivity index (χ1v) is 30.3. The van der Waals surface area contributed by atoms with Gasteiger partial charge in [-0.25, -0.2) is 0 Å². The van der Waals surface area contributed by atoms with Crippen LogP contribution in [0.3, 0.4) is 0 Å². The number of rotatable bonds is 13. The third kappa shape index (κ3) is 8.56. The number of furan rings is 1. The summed E-state index contributed by atoms with van der Waals surface area (Å²) in [6, 6.07) is 90.7. The molecule has 0 bridgehead atoms. The lowest BCUT2D eigenvalue weighted by Crippen LogP contribution is -2.61. The van der Waals surface area contributed by atoms with Crippen LogP contribution in [0.15, 0.2) is 267 Å². The molecule has 3 aliphatic rings. The SMILES string of the molecule is CCCCc1ccc(N(c2ccccc2)c2ccc3c(c2)-c2c4c(cc5c2oc2ccccc25)N(c2ccc(CCCC)cc2-c2ccccc2)c2cc5c(cc2B4N3c2ccccc2-c2ccccc2)Sc2ccccc2S5)cc1. The lowest BCUT2D eigenvalue weighted by Gasteiger charge is -2.47. The molecule has 1 aromatic heterocycles. The number of anilines is 8. The number of fused-ring (bicyclic) bond motifs is 10. The molecule has 0 fully saturated rings. The van der Waals surface area contributed by atoms with E-state index in [-0.39, 0.29) is 6.85 Å². The summed E-state index contributed by atoms with van der Waals surface area (Å²) < 4.78 is 7.38. The summed E-state index contributed by atoms with van der Waals surface area (Å²) in [6.07, 6.45) is 6.70. The van der Waals surface area contributed by atoms with Crippen LogP contribution in [-0.4, -0.2) is 6.85 Å². The van der Waals surface area contributed by atoms with E-state index in [9.17, 15) is 0 Å². The van der Waals surface area contributed by atoms with Crippen molar-refractivity contribution in [1.82, 2.24) is 0 Å². The molecular weight excluding hydrogens is 1020 g/mol. The predicted octanol–water partition coefficient (Wildman–Crippen LogP) is 20.4. The van der Waals surface area contributed by atoms with Crippen molar-refractivity contribution in [3.63, 3.8) is 0 Å². The van der Waals surface area contributed by atoms with Crippen molar-refractivity contribution in [2.45, 2.75) is 72.0 Å². The number of para-hydroxylation sites is 3. The Balaban J connectivity index is 1.07. The highest BCUT2D eigenvalue weighted by Crippen LogP contribution is 2.56. The van der Waals surface area contributed by atoms with Gasteiger partial charge in [0.05, 0.1) is 5.69 Å².